The number of aromatic nitrogens is 1. The summed E-state index contributed by atoms with van der Waals surface area (Å²) in [7, 11) is 1.67. The maximum absolute atomic E-state index is 11.1. The highest BCUT2D eigenvalue weighted by atomic mass is 32.2. The fourth-order valence-electron chi connectivity index (χ4n) is 3.84. The number of hydrazone groups is 1. The number of thiazole rings is 1. The van der Waals surface area contributed by atoms with Crippen molar-refractivity contribution in [3.63, 3.8) is 0 Å². The average molecular weight is 540 g/mol. The summed E-state index contributed by atoms with van der Waals surface area (Å²) in [5, 5.41) is 24.3. The Bertz CT molecular complexity index is 1340. The number of ether oxygens (including phenoxy) is 1. The van der Waals surface area contributed by atoms with Crippen molar-refractivity contribution in [2.24, 2.45) is 5.10 Å². The van der Waals surface area contributed by atoms with Crippen LogP contribution in [-0.2, 0) is 12.8 Å². The van der Waals surface area contributed by atoms with Gasteiger partial charge in [-0.1, -0.05) is 42.1 Å². The third-order valence-corrected chi connectivity index (χ3v) is 8.48. The van der Waals surface area contributed by atoms with Crippen molar-refractivity contribution in [1.29, 1.82) is 0 Å². The minimum absolute atomic E-state index is 0. The number of nitro groups is 1. The number of methoxy groups -OCH3 is 1. The molecule has 0 saturated heterocycles. The molecule has 5 rings (SSSR count). The molecule has 186 valence electrons. The summed E-state index contributed by atoms with van der Waals surface area (Å²) in [5.41, 5.74) is 3.21. The standard InChI is InChI=1S/C25H22N4O3S3.H3N/c1-32-20-5-2-4-18(12-20)14-24-27-28(16-35-24)22(13-17-7-9-19(10-8-17)29(30)31)21-15-34-25(26-21)23-6-3-11-33-23;/h2-12,15,22H,13-14,16H2,1H3;1H3/t22-;/m0./s1. The fraction of sp³-hybridized carbons (Fsp3) is 0.200. The molecule has 1 aliphatic heterocycles. The summed E-state index contributed by atoms with van der Waals surface area (Å²) in [6, 6.07) is 18.8. The van der Waals surface area contributed by atoms with Crippen molar-refractivity contribution < 1.29 is 9.66 Å². The Morgan fingerprint density at radius 1 is 1.11 bits per heavy atom. The Morgan fingerprint density at radius 3 is 2.67 bits per heavy atom. The van der Waals surface area contributed by atoms with Gasteiger partial charge in [0.1, 0.15) is 10.8 Å². The lowest BCUT2D eigenvalue weighted by Crippen LogP contribution is -2.23. The largest absolute Gasteiger partial charge is 0.497 e. The third-order valence-electron chi connectivity index (χ3n) is 5.62. The van der Waals surface area contributed by atoms with Gasteiger partial charge >= 0.3 is 0 Å². The summed E-state index contributed by atoms with van der Waals surface area (Å²) >= 11 is 5.03. The van der Waals surface area contributed by atoms with Crippen LogP contribution in [0.3, 0.4) is 0 Å². The molecule has 1 aliphatic rings. The molecule has 2 aromatic heterocycles. The van der Waals surface area contributed by atoms with E-state index in [4.69, 9.17) is 14.8 Å². The number of rotatable bonds is 9. The zero-order valence-corrected chi connectivity index (χ0v) is 22.0. The first kappa shape index (κ1) is 25.8. The first-order valence-corrected chi connectivity index (χ1v) is 13.7. The second-order valence-electron chi connectivity index (χ2n) is 7.93. The number of hydrogen-bond acceptors (Lipinski definition) is 10. The van der Waals surface area contributed by atoms with Gasteiger partial charge in [-0.3, -0.25) is 15.1 Å². The number of nitro benzene ring substituents is 1. The number of hydrogen-bond donors (Lipinski definition) is 1. The van der Waals surface area contributed by atoms with Gasteiger partial charge in [-0.15, -0.1) is 22.7 Å². The summed E-state index contributed by atoms with van der Waals surface area (Å²) in [4.78, 5) is 16.8. The molecule has 0 radical (unpaired) electrons. The molecule has 0 fully saturated rings. The highest BCUT2D eigenvalue weighted by Crippen LogP contribution is 2.36. The maximum atomic E-state index is 11.1. The monoisotopic (exact) mass is 539 g/mol. The Labute approximate surface area is 221 Å². The van der Waals surface area contributed by atoms with E-state index < -0.39 is 0 Å². The molecule has 11 heteroatoms. The molecule has 2 aromatic carbocycles. The van der Waals surface area contributed by atoms with E-state index in [1.54, 1.807) is 53.7 Å². The highest BCUT2D eigenvalue weighted by molar-refractivity contribution is 8.14. The topological polar surface area (TPSA) is 116 Å². The van der Waals surface area contributed by atoms with Crippen LogP contribution in [0.25, 0.3) is 9.88 Å². The van der Waals surface area contributed by atoms with Crippen LogP contribution in [0.4, 0.5) is 5.69 Å². The SMILES string of the molecule is COc1cccc(CC2=NN([C@@H](Cc3ccc([N+](=O)[O-])cc3)c3csc(-c4cccs4)n3)CS2)c1.N. The van der Waals surface area contributed by atoms with E-state index in [1.165, 1.54) is 0 Å². The van der Waals surface area contributed by atoms with Gasteiger partial charge < -0.3 is 10.9 Å². The van der Waals surface area contributed by atoms with E-state index in [2.05, 4.69) is 27.9 Å². The predicted octanol–water partition coefficient (Wildman–Crippen LogP) is 6.80. The van der Waals surface area contributed by atoms with Crippen molar-refractivity contribution in [2.75, 3.05) is 13.0 Å². The molecule has 0 saturated carbocycles. The third kappa shape index (κ3) is 5.93. The first-order chi connectivity index (χ1) is 17.1. The van der Waals surface area contributed by atoms with Crippen LogP contribution in [0.2, 0.25) is 0 Å². The molecule has 8 nitrogen and oxygen atoms in total. The lowest BCUT2D eigenvalue weighted by molar-refractivity contribution is -0.384. The highest BCUT2D eigenvalue weighted by Gasteiger charge is 2.28. The molecule has 36 heavy (non-hydrogen) atoms. The van der Waals surface area contributed by atoms with Crippen molar-refractivity contribution >= 4 is 45.2 Å². The van der Waals surface area contributed by atoms with Crippen LogP contribution in [0.5, 0.6) is 5.75 Å². The minimum Gasteiger partial charge on any atom is -0.497 e. The van der Waals surface area contributed by atoms with Gasteiger partial charge in [-0.05, 0) is 34.7 Å². The van der Waals surface area contributed by atoms with Crippen molar-refractivity contribution in [2.45, 2.75) is 18.9 Å². The average Bonchev–Trinajstić information content (AvgIpc) is 3.65. The Balaban J connectivity index is 0.00000304. The van der Waals surface area contributed by atoms with Gasteiger partial charge in [0.05, 0.1) is 39.6 Å². The van der Waals surface area contributed by atoms with Gasteiger partial charge in [0.2, 0.25) is 0 Å². The summed E-state index contributed by atoms with van der Waals surface area (Å²) < 4.78 is 5.35. The van der Waals surface area contributed by atoms with Crippen LogP contribution >= 0.6 is 34.4 Å². The van der Waals surface area contributed by atoms with Gasteiger partial charge in [0, 0.05) is 30.4 Å². The normalized spacial score (nSPS) is 13.7. The quantitative estimate of drug-likeness (QED) is 0.184. The Morgan fingerprint density at radius 2 is 1.94 bits per heavy atom. The zero-order valence-electron chi connectivity index (χ0n) is 19.6. The van der Waals surface area contributed by atoms with Crippen LogP contribution in [0, 0.1) is 10.1 Å². The van der Waals surface area contributed by atoms with Gasteiger partial charge in [0.25, 0.3) is 5.69 Å². The molecule has 0 bridgehead atoms. The first-order valence-electron chi connectivity index (χ1n) is 10.9. The Hall–Kier alpha value is -3.25. The van der Waals surface area contributed by atoms with Crippen LogP contribution in [0.1, 0.15) is 22.9 Å². The van der Waals surface area contributed by atoms with Crippen molar-refractivity contribution in [1.82, 2.24) is 16.1 Å². The molecule has 3 heterocycles. The number of thiophene rings is 1. The van der Waals surface area contributed by atoms with E-state index in [0.717, 1.165) is 49.8 Å². The summed E-state index contributed by atoms with van der Waals surface area (Å²) in [5.74, 6) is 1.56. The van der Waals surface area contributed by atoms with Gasteiger partial charge in [-0.25, -0.2) is 4.98 Å². The summed E-state index contributed by atoms with van der Waals surface area (Å²) in [6.45, 7) is 0. The van der Waals surface area contributed by atoms with Crippen LogP contribution in [0.15, 0.2) is 76.5 Å². The number of non-ortho nitro benzene ring substituents is 1. The van der Waals surface area contributed by atoms with E-state index in [-0.39, 0.29) is 22.8 Å². The maximum Gasteiger partial charge on any atom is 0.269 e. The zero-order chi connectivity index (χ0) is 24.2. The van der Waals surface area contributed by atoms with E-state index in [1.807, 2.05) is 36.4 Å². The van der Waals surface area contributed by atoms with E-state index in [9.17, 15) is 10.1 Å². The molecular formula is C25H25N5O3S3. The van der Waals surface area contributed by atoms with E-state index in [0.29, 0.717) is 6.42 Å². The summed E-state index contributed by atoms with van der Waals surface area (Å²) in [6.07, 6.45) is 1.39. The molecule has 0 unspecified atom stereocenters. The number of benzene rings is 2. The number of nitrogens with zero attached hydrogens (tertiary/aromatic N) is 4. The molecule has 3 N–H and O–H groups in total. The lowest BCUT2D eigenvalue weighted by atomic mass is 10.0. The van der Waals surface area contributed by atoms with Crippen molar-refractivity contribution in [3.8, 4) is 15.6 Å². The second kappa shape index (κ2) is 11.7. The second-order valence-corrected chi connectivity index (χ2v) is 10.8. The van der Waals surface area contributed by atoms with Crippen LogP contribution < -0.4 is 10.9 Å². The smallest absolute Gasteiger partial charge is 0.269 e. The molecule has 4 aromatic rings. The van der Waals surface area contributed by atoms with Gasteiger partial charge in [-0.2, -0.15) is 5.10 Å². The molecule has 0 spiro atoms. The lowest BCUT2D eigenvalue weighted by Gasteiger charge is -2.24. The van der Waals surface area contributed by atoms with Gasteiger partial charge in [0.15, 0.2) is 0 Å². The molecular weight excluding hydrogens is 515 g/mol. The predicted molar refractivity (Wildman–Crippen MR) is 148 cm³/mol. The molecule has 1 atom stereocenters. The minimum atomic E-state index is -0.374. The Kier molecular flexibility index (Phi) is 8.36. The molecule has 0 aliphatic carbocycles. The molecule has 0 amide bonds. The fourth-order valence-corrected chi connectivity index (χ4v) is 6.47. The van der Waals surface area contributed by atoms with E-state index >= 15 is 0 Å². The van der Waals surface area contributed by atoms with Crippen molar-refractivity contribution in [3.05, 3.63) is 98.4 Å². The van der Waals surface area contributed by atoms with Crippen LogP contribution in [-0.4, -0.2) is 32.9 Å². The number of thioether (sulfide) groups is 1.